The third-order valence-electron chi connectivity index (χ3n) is 3.50. The Morgan fingerprint density at radius 3 is 2.94 bits per heavy atom. The van der Waals surface area contributed by atoms with Crippen LogP contribution in [0.1, 0.15) is 44.6 Å². The molecule has 2 N–H and O–H groups in total. The lowest BCUT2D eigenvalue weighted by molar-refractivity contribution is 0.637. The summed E-state index contributed by atoms with van der Waals surface area (Å²) in [5, 5.41) is 7.13. The van der Waals surface area contributed by atoms with Gasteiger partial charge in [0.1, 0.15) is 0 Å². The molecule has 0 radical (unpaired) electrons. The van der Waals surface area contributed by atoms with Crippen molar-refractivity contribution in [3.05, 3.63) is 29.8 Å². The van der Waals surface area contributed by atoms with Gasteiger partial charge in [0, 0.05) is 11.7 Å². The Kier molecular flexibility index (Phi) is 4.43. The number of hydrogen-bond acceptors (Lipinski definition) is 2. The highest BCUT2D eigenvalue weighted by atomic mass is 14.9. The van der Waals surface area contributed by atoms with Gasteiger partial charge in [-0.2, -0.15) is 0 Å². The van der Waals surface area contributed by atoms with E-state index in [1.54, 1.807) is 0 Å². The second-order valence-electron chi connectivity index (χ2n) is 5.30. The van der Waals surface area contributed by atoms with Crippen molar-refractivity contribution in [2.75, 3.05) is 18.4 Å². The van der Waals surface area contributed by atoms with E-state index in [4.69, 9.17) is 0 Å². The Morgan fingerprint density at radius 2 is 2.12 bits per heavy atom. The maximum atomic E-state index is 3.68. The highest BCUT2D eigenvalue weighted by Crippen LogP contribution is 2.20. The molecule has 1 aliphatic rings. The highest BCUT2D eigenvalue weighted by molar-refractivity contribution is 5.47. The summed E-state index contributed by atoms with van der Waals surface area (Å²) in [6, 6.07) is 9.48. The Bertz CT molecular complexity index is 339. The molecule has 1 heterocycles. The lowest BCUT2D eigenvalue weighted by atomic mass is 10.0. The van der Waals surface area contributed by atoms with Gasteiger partial charge in [-0.25, -0.2) is 0 Å². The average Bonchev–Trinajstić information content (AvgIpc) is 2.58. The van der Waals surface area contributed by atoms with Gasteiger partial charge in [0.2, 0.25) is 0 Å². The minimum absolute atomic E-state index is 0.604. The lowest BCUT2D eigenvalue weighted by Crippen LogP contribution is -2.21. The second kappa shape index (κ2) is 6.06. The summed E-state index contributed by atoms with van der Waals surface area (Å²) in [6.45, 7) is 6.80. The Labute approximate surface area is 105 Å². The van der Waals surface area contributed by atoms with E-state index in [1.165, 1.54) is 37.1 Å². The third-order valence-corrected chi connectivity index (χ3v) is 3.50. The zero-order chi connectivity index (χ0) is 12.1. The van der Waals surface area contributed by atoms with E-state index in [0.717, 1.165) is 6.54 Å². The summed E-state index contributed by atoms with van der Waals surface area (Å²) in [4.78, 5) is 0. The molecule has 0 aromatic heterocycles. The molecule has 2 heteroatoms. The molecular weight excluding hydrogens is 208 g/mol. The first kappa shape index (κ1) is 12.4. The van der Waals surface area contributed by atoms with Crippen LogP contribution < -0.4 is 10.6 Å². The Balaban J connectivity index is 1.99. The van der Waals surface area contributed by atoms with Gasteiger partial charge in [-0.15, -0.1) is 0 Å². The van der Waals surface area contributed by atoms with E-state index in [9.17, 15) is 0 Å². The number of hydrogen-bond donors (Lipinski definition) is 2. The van der Waals surface area contributed by atoms with Crippen molar-refractivity contribution in [2.45, 2.75) is 45.1 Å². The molecule has 0 bridgehead atoms. The highest BCUT2D eigenvalue weighted by Gasteiger charge is 2.11. The monoisotopic (exact) mass is 232 g/mol. The Hall–Kier alpha value is -1.02. The molecule has 0 saturated carbocycles. The van der Waals surface area contributed by atoms with Crippen LogP contribution in [0, 0.1) is 0 Å². The topological polar surface area (TPSA) is 24.1 Å². The van der Waals surface area contributed by atoms with Crippen molar-refractivity contribution >= 4 is 5.69 Å². The first-order valence-corrected chi connectivity index (χ1v) is 6.83. The fourth-order valence-electron chi connectivity index (χ4n) is 2.39. The molecule has 1 aromatic carbocycles. The van der Waals surface area contributed by atoms with Crippen LogP contribution in [0.2, 0.25) is 0 Å². The van der Waals surface area contributed by atoms with Crippen LogP contribution in [-0.2, 0) is 0 Å². The van der Waals surface area contributed by atoms with E-state index in [0.29, 0.717) is 12.0 Å². The van der Waals surface area contributed by atoms with E-state index < -0.39 is 0 Å². The lowest BCUT2D eigenvalue weighted by Gasteiger charge is -2.18. The van der Waals surface area contributed by atoms with Gasteiger partial charge in [0.05, 0.1) is 0 Å². The van der Waals surface area contributed by atoms with Crippen LogP contribution in [-0.4, -0.2) is 19.1 Å². The van der Waals surface area contributed by atoms with Crippen molar-refractivity contribution in [3.8, 4) is 0 Å². The molecular formula is C15H24N2. The Morgan fingerprint density at radius 1 is 1.24 bits per heavy atom. The molecule has 1 saturated heterocycles. The molecule has 0 amide bonds. The molecule has 0 aliphatic carbocycles. The number of benzene rings is 1. The van der Waals surface area contributed by atoms with Gasteiger partial charge in [0.15, 0.2) is 0 Å². The van der Waals surface area contributed by atoms with Crippen molar-refractivity contribution < 1.29 is 0 Å². The molecule has 1 unspecified atom stereocenters. The van der Waals surface area contributed by atoms with Gasteiger partial charge in [-0.1, -0.05) is 26.0 Å². The van der Waals surface area contributed by atoms with Gasteiger partial charge in [-0.3, -0.25) is 0 Å². The van der Waals surface area contributed by atoms with Crippen molar-refractivity contribution in [1.29, 1.82) is 0 Å². The van der Waals surface area contributed by atoms with Crippen LogP contribution in [0.25, 0.3) is 0 Å². The molecule has 1 aliphatic heterocycles. The molecule has 94 valence electrons. The van der Waals surface area contributed by atoms with Gasteiger partial charge in [-0.05, 0) is 56.0 Å². The summed E-state index contributed by atoms with van der Waals surface area (Å²) < 4.78 is 0. The summed E-state index contributed by atoms with van der Waals surface area (Å²) in [7, 11) is 0. The average molecular weight is 232 g/mol. The normalized spacial score (nSPS) is 21.2. The quantitative estimate of drug-likeness (QED) is 0.835. The zero-order valence-corrected chi connectivity index (χ0v) is 11.0. The van der Waals surface area contributed by atoms with E-state index in [2.05, 4.69) is 48.7 Å². The van der Waals surface area contributed by atoms with E-state index in [-0.39, 0.29) is 0 Å². The molecule has 1 aromatic rings. The molecule has 17 heavy (non-hydrogen) atoms. The van der Waals surface area contributed by atoms with Crippen LogP contribution in [0.4, 0.5) is 5.69 Å². The minimum Gasteiger partial charge on any atom is -0.382 e. The van der Waals surface area contributed by atoms with Gasteiger partial charge in [0.25, 0.3) is 0 Å². The summed E-state index contributed by atoms with van der Waals surface area (Å²) in [6.07, 6.45) is 3.78. The standard InChI is InChI=1S/C15H24N2/c1-12(2)13-5-3-6-15(11-13)17-14-7-4-9-16-10-8-14/h3,5-6,11-12,14,16-17H,4,7-10H2,1-2H3. The first-order chi connectivity index (χ1) is 8.25. The number of nitrogens with one attached hydrogen (secondary N) is 2. The molecule has 0 spiro atoms. The maximum Gasteiger partial charge on any atom is 0.0345 e. The third kappa shape index (κ3) is 3.74. The number of rotatable bonds is 3. The first-order valence-electron chi connectivity index (χ1n) is 6.83. The molecule has 1 atom stereocenters. The van der Waals surface area contributed by atoms with E-state index in [1.807, 2.05) is 0 Å². The summed E-state index contributed by atoms with van der Waals surface area (Å²) >= 11 is 0. The van der Waals surface area contributed by atoms with Crippen molar-refractivity contribution in [3.63, 3.8) is 0 Å². The predicted octanol–water partition coefficient (Wildman–Crippen LogP) is 3.36. The smallest absolute Gasteiger partial charge is 0.0345 e. The van der Waals surface area contributed by atoms with Crippen LogP contribution in [0.15, 0.2) is 24.3 Å². The summed E-state index contributed by atoms with van der Waals surface area (Å²) in [5.41, 5.74) is 2.70. The van der Waals surface area contributed by atoms with Crippen molar-refractivity contribution in [2.24, 2.45) is 0 Å². The summed E-state index contributed by atoms with van der Waals surface area (Å²) in [5.74, 6) is 0.604. The fourth-order valence-corrected chi connectivity index (χ4v) is 2.39. The van der Waals surface area contributed by atoms with Crippen molar-refractivity contribution in [1.82, 2.24) is 5.32 Å². The fraction of sp³-hybridized carbons (Fsp3) is 0.600. The minimum atomic E-state index is 0.604. The van der Waals surface area contributed by atoms with Crippen LogP contribution in [0.3, 0.4) is 0 Å². The SMILES string of the molecule is CC(C)c1cccc(NC2CCCNCC2)c1. The zero-order valence-electron chi connectivity index (χ0n) is 11.0. The van der Waals surface area contributed by atoms with E-state index >= 15 is 0 Å². The second-order valence-corrected chi connectivity index (χ2v) is 5.30. The van der Waals surface area contributed by atoms with Gasteiger partial charge < -0.3 is 10.6 Å². The molecule has 2 rings (SSSR count). The maximum absolute atomic E-state index is 3.68. The largest absolute Gasteiger partial charge is 0.382 e. The van der Waals surface area contributed by atoms with Crippen LogP contribution >= 0.6 is 0 Å². The van der Waals surface area contributed by atoms with Gasteiger partial charge >= 0.3 is 0 Å². The number of anilines is 1. The van der Waals surface area contributed by atoms with Crippen LogP contribution in [0.5, 0.6) is 0 Å². The molecule has 2 nitrogen and oxygen atoms in total. The molecule has 1 fully saturated rings. The predicted molar refractivity (Wildman–Crippen MR) is 74.7 cm³/mol.